The van der Waals surface area contributed by atoms with E-state index in [9.17, 15) is 15.0 Å². The SMILES string of the molecule is O=C1CCC2(O)C3Cc4ccc(O)c5c4C2(CCC3CC2CCC2)C1O5. The van der Waals surface area contributed by atoms with Gasteiger partial charge in [0.25, 0.3) is 0 Å². The molecule has 4 heteroatoms. The predicted molar refractivity (Wildman–Crippen MR) is 95.3 cm³/mol. The normalized spacial score (nSPS) is 42.8. The van der Waals surface area contributed by atoms with Gasteiger partial charge >= 0.3 is 0 Å². The summed E-state index contributed by atoms with van der Waals surface area (Å²) in [6.07, 6.45) is 8.29. The minimum Gasteiger partial charge on any atom is -0.504 e. The van der Waals surface area contributed by atoms with Crippen molar-refractivity contribution in [3.05, 3.63) is 23.3 Å². The van der Waals surface area contributed by atoms with Crippen LogP contribution in [0.25, 0.3) is 0 Å². The highest BCUT2D eigenvalue weighted by molar-refractivity contribution is 5.89. The summed E-state index contributed by atoms with van der Waals surface area (Å²) in [6.45, 7) is 0. The highest BCUT2D eigenvalue weighted by Crippen LogP contribution is 2.68. The highest BCUT2D eigenvalue weighted by atomic mass is 16.5. The van der Waals surface area contributed by atoms with Gasteiger partial charge in [-0.1, -0.05) is 25.3 Å². The van der Waals surface area contributed by atoms with Crippen LogP contribution in [-0.2, 0) is 16.6 Å². The Hall–Kier alpha value is -1.55. The average molecular weight is 354 g/mol. The van der Waals surface area contributed by atoms with Gasteiger partial charge < -0.3 is 14.9 Å². The number of phenols is 1. The summed E-state index contributed by atoms with van der Waals surface area (Å²) in [7, 11) is 0. The van der Waals surface area contributed by atoms with Gasteiger partial charge in [-0.05, 0) is 61.5 Å². The van der Waals surface area contributed by atoms with Gasteiger partial charge in [-0.3, -0.25) is 4.79 Å². The third kappa shape index (κ3) is 1.60. The lowest BCUT2D eigenvalue weighted by molar-refractivity contribution is -0.190. The van der Waals surface area contributed by atoms with Crippen LogP contribution in [0.2, 0.25) is 0 Å². The molecule has 26 heavy (non-hydrogen) atoms. The van der Waals surface area contributed by atoms with Gasteiger partial charge in [0, 0.05) is 12.0 Å². The van der Waals surface area contributed by atoms with Gasteiger partial charge in [-0.25, -0.2) is 0 Å². The molecule has 2 bridgehead atoms. The van der Waals surface area contributed by atoms with Crippen molar-refractivity contribution in [2.45, 2.75) is 74.9 Å². The zero-order chi connectivity index (χ0) is 17.7. The molecule has 4 nitrogen and oxygen atoms in total. The molecule has 3 saturated carbocycles. The van der Waals surface area contributed by atoms with Crippen LogP contribution in [0.1, 0.15) is 62.5 Å². The maximum atomic E-state index is 12.8. The molecule has 1 spiro atoms. The summed E-state index contributed by atoms with van der Waals surface area (Å²) in [4.78, 5) is 12.8. The number of aromatic hydroxyl groups is 1. The van der Waals surface area contributed by atoms with Crippen LogP contribution in [0.5, 0.6) is 11.5 Å². The third-order valence-corrected chi connectivity index (χ3v) is 8.56. The van der Waals surface area contributed by atoms with E-state index in [-0.39, 0.29) is 17.5 Å². The van der Waals surface area contributed by atoms with Crippen LogP contribution >= 0.6 is 0 Å². The van der Waals surface area contributed by atoms with Crippen LogP contribution in [0.15, 0.2) is 12.1 Å². The summed E-state index contributed by atoms with van der Waals surface area (Å²) in [5, 5.41) is 22.5. The van der Waals surface area contributed by atoms with Crippen molar-refractivity contribution in [2.75, 3.05) is 0 Å². The number of ketones is 1. The number of hydrogen-bond donors (Lipinski definition) is 2. The maximum absolute atomic E-state index is 12.8. The molecule has 2 N–H and O–H groups in total. The zero-order valence-corrected chi connectivity index (χ0v) is 15.0. The van der Waals surface area contributed by atoms with E-state index in [2.05, 4.69) is 0 Å². The van der Waals surface area contributed by atoms with E-state index in [1.807, 2.05) is 6.07 Å². The molecule has 1 aromatic rings. The first kappa shape index (κ1) is 15.5. The number of carbonyl (C=O) groups is 1. The summed E-state index contributed by atoms with van der Waals surface area (Å²) in [5.74, 6) is 2.24. The molecule has 6 rings (SSSR count). The number of hydrogen-bond acceptors (Lipinski definition) is 4. The fourth-order valence-electron chi connectivity index (χ4n) is 7.20. The van der Waals surface area contributed by atoms with E-state index >= 15 is 0 Å². The standard InChI is InChI=1S/C22H26O4/c23-16-5-4-14-11-15-13(10-12-2-1-3-12)6-8-21-18(14)19(16)26-20(21)17(24)7-9-22(15,21)25/h4-5,12-13,15,20,23,25H,1-3,6-11H2. The number of benzene rings is 1. The van der Waals surface area contributed by atoms with Crippen LogP contribution < -0.4 is 4.74 Å². The van der Waals surface area contributed by atoms with E-state index in [4.69, 9.17) is 4.74 Å². The number of Topliss-reactive ketones (excluding diaryl/α,β-unsaturated/α-hetero) is 1. The molecular weight excluding hydrogens is 328 g/mol. The van der Waals surface area contributed by atoms with Gasteiger partial charge in [0.05, 0.1) is 11.0 Å². The molecular formula is C22H26O4. The zero-order valence-electron chi connectivity index (χ0n) is 15.0. The topological polar surface area (TPSA) is 66.8 Å². The fraction of sp³-hybridized carbons (Fsp3) is 0.682. The average Bonchev–Trinajstić information content (AvgIpc) is 2.93. The van der Waals surface area contributed by atoms with Crippen molar-refractivity contribution in [1.29, 1.82) is 0 Å². The quantitative estimate of drug-likeness (QED) is 0.855. The minimum atomic E-state index is -0.871. The molecule has 0 aromatic heterocycles. The summed E-state index contributed by atoms with van der Waals surface area (Å²) >= 11 is 0. The molecule has 0 radical (unpaired) electrons. The van der Waals surface area contributed by atoms with Gasteiger partial charge in [-0.15, -0.1) is 0 Å². The molecule has 0 amide bonds. The smallest absolute Gasteiger partial charge is 0.174 e. The number of aliphatic hydroxyl groups is 1. The Labute approximate surface area is 153 Å². The van der Waals surface area contributed by atoms with E-state index < -0.39 is 17.1 Å². The van der Waals surface area contributed by atoms with Gasteiger partial charge in [0.15, 0.2) is 23.4 Å². The molecule has 5 unspecified atom stereocenters. The monoisotopic (exact) mass is 354 g/mol. The first-order valence-electron chi connectivity index (χ1n) is 10.3. The van der Waals surface area contributed by atoms with Gasteiger partial charge in [0.1, 0.15) is 0 Å². The number of rotatable bonds is 2. The van der Waals surface area contributed by atoms with Gasteiger partial charge in [0.2, 0.25) is 0 Å². The maximum Gasteiger partial charge on any atom is 0.174 e. The number of phenolic OH excluding ortho intramolecular Hbond substituents is 1. The van der Waals surface area contributed by atoms with Crippen molar-refractivity contribution in [1.82, 2.24) is 0 Å². The van der Waals surface area contributed by atoms with E-state index in [0.717, 1.165) is 30.7 Å². The Bertz CT molecular complexity index is 813. The Kier molecular flexibility index (Phi) is 2.88. The van der Waals surface area contributed by atoms with E-state index in [0.29, 0.717) is 24.5 Å². The Morgan fingerprint density at radius 2 is 2.04 bits per heavy atom. The van der Waals surface area contributed by atoms with Gasteiger partial charge in [-0.2, -0.15) is 0 Å². The van der Waals surface area contributed by atoms with E-state index in [1.54, 1.807) is 6.07 Å². The molecule has 5 atom stereocenters. The number of carbonyl (C=O) groups excluding carboxylic acids is 1. The number of ether oxygens (including phenoxy) is 1. The Morgan fingerprint density at radius 3 is 2.81 bits per heavy atom. The molecule has 0 saturated heterocycles. The molecule has 3 fully saturated rings. The summed E-state index contributed by atoms with van der Waals surface area (Å²) in [5.41, 5.74) is 0.633. The molecule has 138 valence electrons. The molecule has 1 aliphatic heterocycles. The van der Waals surface area contributed by atoms with Crippen molar-refractivity contribution in [3.8, 4) is 11.5 Å². The van der Waals surface area contributed by atoms with Crippen LogP contribution in [0, 0.1) is 17.8 Å². The second-order valence-corrected chi connectivity index (χ2v) is 9.45. The Morgan fingerprint density at radius 1 is 1.19 bits per heavy atom. The van der Waals surface area contributed by atoms with Crippen molar-refractivity contribution >= 4 is 5.78 Å². The predicted octanol–water partition coefficient (Wildman–Crippen LogP) is 3.26. The largest absolute Gasteiger partial charge is 0.504 e. The molecule has 4 aliphatic carbocycles. The second kappa shape index (κ2) is 4.83. The lowest BCUT2D eigenvalue weighted by atomic mass is 9.43. The minimum absolute atomic E-state index is 0.0920. The fourth-order valence-corrected chi connectivity index (χ4v) is 7.20. The highest BCUT2D eigenvalue weighted by Gasteiger charge is 2.73. The summed E-state index contributed by atoms with van der Waals surface area (Å²) in [6, 6.07) is 3.70. The van der Waals surface area contributed by atoms with Crippen LogP contribution in [0.3, 0.4) is 0 Å². The Balaban J connectivity index is 1.53. The first-order valence-corrected chi connectivity index (χ1v) is 10.3. The van der Waals surface area contributed by atoms with Crippen molar-refractivity contribution in [3.63, 3.8) is 0 Å². The third-order valence-electron chi connectivity index (χ3n) is 8.56. The lowest BCUT2D eigenvalue weighted by Gasteiger charge is -2.62. The second-order valence-electron chi connectivity index (χ2n) is 9.45. The van der Waals surface area contributed by atoms with Crippen molar-refractivity contribution in [2.24, 2.45) is 17.8 Å². The lowest BCUT2D eigenvalue weighted by Crippen LogP contribution is -2.71. The molecule has 1 heterocycles. The molecule has 1 aromatic carbocycles. The molecule has 5 aliphatic rings. The van der Waals surface area contributed by atoms with Crippen LogP contribution in [-0.4, -0.2) is 27.7 Å². The van der Waals surface area contributed by atoms with E-state index in [1.165, 1.54) is 31.2 Å². The first-order chi connectivity index (χ1) is 12.5. The summed E-state index contributed by atoms with van der Waals surface area (Å²) < 4.78 is 6.08. The van der Waals surface area contributed by atoms with Crippen molar-refractivity contribution < 1.29 is 19.7 Å². The van der Waals surface area contributed by atoms with Crippen LogP contribution in [0.4, 0.5) is 0 Å².